The van der Waals surface area contributed by atoms with Crippen LogP contribution in [0.3, 0.4) is 0 Å². The minimum Gasteiger partial charge on any atom is -0.492 e. The summed E-state index contributed by atoms with van der Waals surface area (Å²) >= 11 is 0. The lowest BCUT2D eigenvalue weighted by Crippen LogP contribution is -2.32. The van der Waals surface area contributed by atoms with E-state index in [0.29, 0.717) is 12.7 Å². The number of allylic oxidation sites excluding steroid dienone is 4. The molecule has 0 radical (unpaired) electrons. The van der Waals surface area contributed by atoms with E-state index in [1.165, 1.54) is 0 Å². The lowest BCUT2D eigenvalue weighted by atomic mass is 10.1. The fourth-order valence-electron chi connectivity index (χ4n) is 2.57. The first-order valence-electron chi connectivity index (χ1n) is 8.38. The Morgan fingerprint density at radius 3 is 2.55 bits per heavy atom. The van der Waals surface area contributed by atoms with Crippen LogP contribution < -0.4 is 5.32 Å². The molecule has 0 aromatic heterocycles. The molecule has 2 rings (SSSR count). The molecular weight excluding hydrogens is 276 g/mol. The monoisotopic (exact) mass is 304 g/mol. The van der Waals surface area contributed by atoms with Gasteiger partial charge in [-0.25, -0.2) is 0 Å². The molecule has 4 nitrogen and oxygen atoms in total. The first-order valence-corrected chi connectivity index (χ1v) is 8.38. The fourth-order valence-corrected chi connectivity index (χ4v) is 2.57. The maximum atomic E-state index is 6.01. The molecular formula is C18H28N2O2. The summed E-state index contributed by atoms with van der Waals surface area (Å²) < 4.78 is 11.8. The minimum atomic E-state index is 0.309. The van der Waals surface area contributed by atoms with E-state index in [1.807, 2.05) is 24.3 Å². The molecule has 122 valence electrons. The van der Waals surface area contributed by atoms with Crippen LogP contribution >= 0.6 is 0 Å². The van der Waals surface area contributed by atoms with E-state index in [0.717, 1.165) is 57.1 Å². The molecule has 1 aliphatic carbocycles. The Morgan fingerprint density at radius 2 is 1.82 bits per heavy atom. The summed E-state index contributed by atoms with van der Waals surface area (Å²) in [6.07, 6.45) is 10.1. The average Bonchev–Trinajstić information content (AvgIpc) is 2.78. The van der Waals surface area contributed by atoms with E-state index >= 15 is 0 Å². The lowest BCUT2D eigenvalue weighted by molar-refractivity contribution is 0.0960. The average molecular weight is 304 g/mol. The van der Waals surface area contributed by atoms with Gasteiger partial charge in [0.1, 0.15) is 24.2 Å². The van der Waals surface area contributed by atoms with Gasteiger partial charge >= 0.3 is 0 Å². The van der Waals surface area contributed by atoms with Crippen molar-refractivity contribution >= 4 is 0 Å². The SMILES string of the molecule is CCN(CC)CCOC1=CC=C(OC2CCNCC2)C=C=C1. The molecule has 0 atom stereocenters. The largest absolute Gasteiger partial charge is 0.492 e. The van der Waals surface area contributed by atoms with Crippen LogP contribution in [0.2, 0.25) is 0 Å². The van der Waals surface area contributed by atoms with Crippen molar-refractivity contribution < 1.29 is 9.47 Å². The second-order valence-electron chi connectivity index (χ2n) is 5.54. The highest BCUT2D eigenvalue weighted by Gasteiger charge is 2.14. The standard InChI is InChI=1S/C18H28N2O2/c1-3-20(4-2)14-15-21-16-6-5-7-17(9-8-16)22-18-10-12-19-13-11-18/h6-9,18-19H,3-4,10-15H2,1-2H3. The molecule has 1 heterocycles. The lowest BCUT2D eigenvalue weighted by Gasteiger charge is -2.23. The Kier molecular flexibility index (Phi) is 7.31. The van der Waals surface area contributed by atoms with Crippen LogP contribution in [-0.4, -0.2) is 50.3 Å². The molecule has 0 spiro atoms. The van der Waals surface area contributed by atoms with Gasteiger partial charge in [0.2, 0.25) is 0 Å². The third kappa shape index (κ3) is 5.72. The Bertz CT molecular complexity index is 452. The fraction of sp³-hybridized carbons (Fsp3) is 0.611. The van der Waals surface area contributed by atoms with Gasteiger partial charge in [0.25, 0.3) is 0 Å². The summed E-state index contributed by atoms with van der Waals surface area (Å²) in [4.78, 5) is 2.35. The van der Waals surface area contributed by atoms with Crippen LogP contribution in [0.15, 0.2) is 41.6 Å². The smallest absolute Gasteiger partial charge is 0.127 e. The Balaban J connectivity index is 1.80. The zero-order chi connectivity index (χ0) is 15.6. The first kappa shape index (κ1) is 16.9. The second kappa shape index (κ2) is 9.52. The number of likely N-dealkylation sites (N-methyl/N-ethyl adjacent to an activating group) is 1. The predicted octanol–water partition coefficient (Wildman–Crippen LogP) is 2.61. The molecule has 0 aromatic rings. The molecule has 0 unspecified atom stereocenters. The second-order valence-corrected chi connectivity index (χ2v) is 5.54. The Labute approximate surface area is 134 Å². The van der Waals surface area contributed by atoms with Gasteiger partial charge in [-0.3, -0.25) is 0 Å². The molecule has 0 saturated carbocycles. The predicted molar refractivity (Wildman–Crippen MR) is 89.5 cm³/mol. The number of piperidine rings is 1. The van der Waals surface area contributed by atoms with Gasteiger partial charge in [0.05, 0.1) is 0 Å². The van der Waals surface area contributed by atoms with Gasteiger partial charge in [-0.05, 0) is 51.2 Å². The summed E-state index contributed by atoms with van der Waals surface area (Å²) in [5.41, 5.74) is 3.14. The van der Waals surface area contributed by atoms with E-state index in [2.05, 4.69) is 29.8 Å². The quantitative estimate of drug-likeness (QED) is 0.699. The number of nitrogens with zero attached hydrogens (tertiary/aromatic N) is 1. The first-order chi connectivity index (χ1) is 10.8. The highest BCUT2D eigenvalue weighted by Crippen LogP contribution is 2.15. The van der Waals surface area contributed by atoms with Gasteiger partial charge < -0.3 is 19.7 Å². The molecule has 22 heavy (non-hydrogen) atoms. The molecule has 4 heteroatoms. The van der Waals surface area contributed by atoms with Crippen LogP contribution in [0.1, 0.15) is 26.7 Å². The van der Waals surface area contributed by atoms with Gasteiger partial charge in [-0.1, -0.05) is 13.8 Å². The topological polar surface area (TPSA) is 33.7 Å². The van der Waals surface area contributed by atoms with Crippen molar-refractivity contribution in [2.45, 2.75) is 32.8 Å². The molecule has 0 aromatic carbocycles. The van der Waals surface area contributed by atoms with Crippen molar-refractivity contribution in [1.29, 1.82) is 0 Å². The van der Waals surface area contributed by atoms with Crippen molar-refractivity contribution in [2.75, 3.05) is 39.3 Å². The van der Waals surface area contributed by atoms with Crippen LogP contribution in [-0.2, 0) is 9.47 Å². The maximum absolute atomic E-state index is 6.01. The van der Waals surface area contributed by atoms with Crippen molar-refractivity contribution in [3.8, 4) is 0 Å². The van der Waals surface area contributed by atoms with Gasteiger partial charge in [0, 0.05) is 18.7 Å². The van der Waals surface area contributed by atoms with Gasteiger partial charge in [0.15, 0.2) is 0 Å². The summed E-state index contributed by atoms with van der Waals surface area (Å²) in [6, 6.07) is 0. The number of nitrogens with one attached hydrogen (secondary N) is 1. The van der Waals surface area contributed by atoms with Crippen molar-refractivity contribution in [3.05, 3.63) is 41.6 Å². The highest BCUT2D eigenvalue weighted by molar-refractivity contribution is 5.28. The van der Waals surface area contributed by atoms with E-state index < -0.39 is 0 Å². The van der Waals surface area contributed by atoms with Gasteiger partial charge in [-0.15, -0.1) is 5.73 Å². The molecule has 1 saturated heterocycles. The van der Waals surface area contributed by atoms with Crippen LogP contribution in [0, 0.1) is 0 Å². The summed E-state index contributed by atoms with van der Waals surface area (Å²) in [5, 5.41) is 3.35. The Morgan fingerprint density at radius 1 is 1.14 bits per heavy atom. The van der Waals surface area contributed by atoms with Gasteiger partial charge in [-0.2, -0.15) is 0 Å². The Hall–Kier alpha value is -1.48. The normalized spacial score (nSPS) is 18.9. The number of ether oxygens (including phenoxy) is 2. The molecule has 2 aliphatic rings. The van der Waals surface area contributed by atoms with Crippen molar-refractivity contribution in [2.24, 2.45) is 0 Å². The third-order valence-corrected chi connectivity index (χ3v) is 4.02. The third-order valence-electron chi connectivity index (χ3n) is 4.02. The number of hydrogen-bond acceptors (Lipinski definition) is 4. The van der Waals surface area contributed by atoms with Crippen LogP contribution in [0.5, 0.6) is 0 Å². The summed E-state index contributed by atoms with van der Waals surface area (Å²) in [6.45, 7) is 10.2. The molecule has 0 amide bonds. The van der Waals surface area contributed by atoms with Crippen molar-refractivity contribution in [1.82, 2.24) is 10.2 Å². The highest BCUT2D eigenvalue weighted by atomic mass is 16.5. The van der Waals surface area contributed by atoms with Crippen molar-refractivity contribution in [3.63, 3.8) is 0 Å². The van der Waals surface area contributed by atoms with E-state index in [9.17, 15) is 0 Å². The zero-order valence-electron chi connectivity index (χ0n) is 13.8. The number of rotatable bonds is 8. The maximum Gasteiger partial charge on any atom is 0.127 e. The molecule has 1 N–H and O–H groups in total. The number of hydrogen-bond donors (Lipinski definition) is 1. The van der Waals surface area contributed by atoms with Crippen LogP contribution in [0.4, 0.5) is 0 Å². The zero-order valence-corrected chi connectivity index (χ0v) is 13.8. The van der Waals surface area contributed by atoms with E-state index in [-0.39, 0.29) is 0 Å². The summed E-state index contributed by atoms with van der Waals surface area (Å²) in [5.74, 6) is 1.71. The van der Waals surface area contributed by atoms with E-state index in [1.54, 1.807) is 0 Å². The van der Waals surface area contributed by atoms with Crippen LogP contribution in [0.25, 0.3) is 0 Å². The molecule has 1 aliphatic heterocycles. The molecule has 1 fully saturated rings. The molecule has 0 bridgehead atoms. The summed E-state index contributed by atoms with van der Waals surface area (Å²) in [7, 11) is 0. The minimum absolute atomic E-state index is 0.309. The van der Waals surface area contributed by atoms with E-state index in [4.69, 9.17) is 9.47 Å².